The molecular weight excluding hydrogens is 471 g/mol. The number of hydrogen-bond donors (Lipinski definition) is 1. The minimum absolute atomic E-state index is 0.282. The molecule has 4 aromatic rings. The lowest BCUT2D eigenvalue weighted by molar-refractivity contribution is 0.102. The van der Waals surface area contributed by atoms with E-state index in [4.69, 9.17) is 32.7 Å². The number of carbonyl (C=O) groups excluding carboxylic acids is 1. The normalized spacial score (nSPS) is 12.4. The second kappa shape index (κ2) is 9.75. The zero-order valence-electron chi connectivity index (χ0n) is 18.1. The van der Waals surface area contributed by atoms with Gasteiger partial charge in [0.15, 0.2) is 0 Å². The molecule has 170 valence electrons. The van der Waals surface area contributed by atoms with E-state index in [-0.39, 0.29) is 5.91 Å². The summed E-state index contributed by atoms with van der Waals surface area (Å²) < 4.78 is 11.6. The average molecular weight is 491 g/mol. The molecule has 5 rings (SSSR count). The maximum absolute atomic E-state index is 12.8. The second-order valence-electron chi connectivity index (χ2n) is 7.81. The van der Waals surface area contributed by atoms with E-state index >= 15 is 0 Å². The highest BCUT2D eigenvalue weighted by Crippen LogP contribution is 2.37. The molecule has 2 heterocycles. The van der Waals surface area contributed by atoms with Crippen LogP contribution >= 0.6 is 23.2 Å². The van der Waals surface area contributed by atoms with Gasteiger partial charge in [0, 0.05) is 22.2 Å². The summed E-state index contributed by atoms with van der Waals surface area (Å²) in [6.07, 6.45) is 1.92. The maximum Gasteiger partial charge on any atom is 0.256 e. The van der Waals surface area contributed by atoms with Crippen LogP contribution in [0.2, 0.25) is 10.0 Å². The van der Waals surface area contributed by atoms with Crippen LogP contribution in [0, 0.1) is 0 Å². The minimum Gasteiger partial charge on any atom is -0.493 e. The van der Waals surface area contributed by atoms with Crippen molar-refractivity contribution in [3.63, 3.8) is 0 Å². The Morgan fingerprint density at radius 2 is 1.76 bits per heavy atom. The Hall–Kier alpha value is -3.54. The van der Waals surface area contributed by atoms with Gasteiger partial charge in [0.2, 0.25) is 0 Å². The van der Waals surface area contributed by atoms with Crippen molar-refractivity contribution in [3.8, 4) is 28.5 Å². The molecule has 7 heteroatoms. The fourth-order valence-electron chi connectivity index (χ4n) is 3.74. The minimum atomic E-state index is -0.282. The molecule has 5 nitrogen and oxygen atoms in total. The topological polar surface area (TPSA) is 60.5 Å². The quantitative estimate of drug-likeness (QED) is 0.316. The molecule has 0 saturated carbocycles. The predicted molar refractivity (Wildman–Crippen MR) is 134 cm³/mol. The summed E-state index contributed by atoms with van der Waals surface area (Å²) in [5.74, 6) is 2.03. The molecule has 3 aromatic carbocycles. The van der Waals surface area contributed by atoms with Gasteiger partial charge in [0.05, 0.1) is 17.3 Å². The van der Waals surface area contributed by atoms with E-state index in [1.54, 1.807) is 36.4 Å². The van der Waals surface area contributed by atoms with E-state index in [0.717, 1.165) is 29.7 Å². The van der Waals surface area contributed by atoms with Gasteiger partial charge in [-0.3, -0.25) is 4.79 Å². The summed E-state index contributed by atoms with van der Waals surface area (Å²) >= 11 is 12.7. The summed E-state index contributed by atoms with van der Waals surface area (Å²) in [4.78, 5) is 17.3. The summed E-state index contributed by atoms with van der Waals surface area (Å²) in [5.41, 5.74) is 3.03. The van der Waals surface area contributed by atoms with Gasteiger partial charge in [-0.25, -0.2) is 4.98 Å². The number of benzene rings is 3. The van der Waals surface area contributed by atoms with E-state index in [1.165, 1.54) is 0 Å². The summed E-state index contributed by atoms with van der Waals surface area (Å²) in [5, 5.41) is 3.95. The molecule has 0 atom stereocenters. The monoisotopic (exact) mass is 490 g/mol. The molecule has 1 aliphatic heterocycles. The highest BCUT2D eigenvalue weighted by molar-refractivity contribution is 6.33. The van der Waals surface area contributed by atoms with Crippen molar-refractivity contribution >= 4 is 34.9 Å². The van der Waals surface area contributed by atoms with Gasteiger partial charge >= 0.3 is 0 Å². The summed E-state index contributed by atoms with van der Waals surface area (Å²) in [6, 6.07) is 23.4. The third kappa shape index (κ3) is 4.86. The second-order valence-corrected chi connectivity index (χ2v) is 8.63. The van der Waals surface area contributed by atoms with E-state index in [1.807, 2.05) is 42.5 Å². The number of halogens is 2. The first-order valence-electron chi connectivity index (χ1n) is 10.8. The van der Waals surface area contributed by atoms with Crippen molar-refractivity contribution < 1.29 is 14.3 Å². The number of rotatable bonds is 5. The van der Waals surface area contributed by atoms with Crippen LogP contribution in [0.4, 0.5) is 5.82 Å². The van der Waals surface area contributed by atoms with E-state index in [0.29, 0.717) is 45.2 Å². The highest BCUT2D eigenvalue weighted by Gasteiger charge is 2.16. The number of aromatic nitrogens is 1. The maximum atomic E-state index is 12.8. The van der Waals surface area contributed by atoms with E-state index in [2.05, 4.69) is 10.3 Å². The zero-order valence-corrected chi connectivity index (χ0v) is 19.6. The Balaban J connectivity index is 1.28. The summed E-state index contributed by atoms with van der Waals surface area (Å²) in [7, 11) is 0. The van der Waals surface area contributed by atoms with Gasteiger partial charge in [-0.2, -0.15) is 0 Å². The molecule has 0 unspecified atom stereocenters. The van der Waals surface area contributed by atoms with Gasteiger partial charge in [-0.05, 0) is 66.9 Å². The molecule has 0 spiro atoms. The fraction of sp³-hybridized carbons (Fsp3) is 0.111. The SMILES string of the molecule is O=C(Nc1cccc(-c2ccccc2Cl)n1)c1ccc(Oc2cc3c(cc2Cl)CCCO3)cc1. The van der Waals surface area contributed by atoms with Gasteiger partial charge < -0.3 is 14.8 Å². The summed E-state index contributed by atoms with van der Waals surface area (Å²) in [6.45, 7) is 0.689. The van der Waals surface area contributed by atoms with Crippen molar-refractivity contribution in [2.45, 2.75) is 12.8 Å². The van der Waals surface area contributed by atoms with Gasteiger partial charge in [-0.15, -0.1) is 0 Å². The first-order valence-corrected chi connectivity index (χ1v) is 11.6. The molecule has 0 aliphatic carbocycles. The lowest BCUT2D eigenvalue weighted by Gasteiger charge is -2.19. The van der Waals surface area contributed by atoms with E-state index < -0.39 is 0 Å². The van der Waals surface area contributed by atoms with Crippen LogP contribution < -0.4 is 14.8 Å². The van der Waals surface area contributed by atoms with Gasteiger partial charge in [0.25, 0.3) is 5.91 Å². The van der Waals surface area contributed by atoms with Crippen LogP contribution in [0.5, 0.6) is 17.2 Å². The number of nitrogens with one attached hydrogen (secondary N) is 1. The Morgan fingerprint density at radius 1 is 0.941 bits per heavy atom. The fourth-order valence-corrected chi connectivity index (χ4v) is 4.20. The molecule has 0 radical (unpaired) electrons. The van der Waals surface area contributed by atoms with Crippen molar-refractivity contribution in [3.05, 3.63) is 100 Å². The lowest BCUT2D eigenvalue weighted by atomic mass is 10.1. The Morgan fingerprint density at radius 3 is 2.59 bits per heavy atom. The number of amides is 1. The number of ether oxygens (including phenoxy) is 2. The molecule has 1 amide bonds. The van der Waals surface area contributed by atoms with Crippen LogP contribution in [-0.4, -0.2) is 17.5 Å². The van der Waals surface area contributed by atoms with Gasteiger partial charge in [0.1, 0.15) is 23.1 Å². The van der Waals surface area contributed by atoms with Crippen LogP contribution in [-0.2, 0) is 6.42 Å². The molecule has 0 saturated heterocycles. The number of carbonyl (C=O) groups is 1. The largest absolute Gasteiger partial charge is 0.493 e. The van der Waals surface area contributed by atoms with Crippen LogP contribution in [0.15, 0.2) is 78.9 Å². The predicted octanol–water partition coefficient (Wildman–Crippen LogP) is 7.43. The smallest absolute Gasteiger partial charge is 0.256 e. The average Bonchev–Trinajstić information content (AvgIpc) is 2.85. The van der Waals surface area contributed by atoms with Crippen LogP contribution in [0.3, 0.4) is 0 Å². The molecule has 1 N–H and O–H groups in total. The van der Waals surface area contributed by atoms with Crippen molar-refractivity contribution in [2.75, 3.05) is 11.9 Å². The van der Waals surface area contributed by atoms with Crippen LogP contribution in [0.25, 0.3) is 11.3 Å². The van der Waals surface area contributed by atoms with Crippen molar-refractivity contribution in [1.29, 1.82) is 0 Å². The molecule has 34 heavy (non-hydrogen) atoms. The number of fused-ring (bicyclic) bond motifs is 1. The number of pyridine rings is 1. The zero-order chi connectivity index (χ0) is 23.5. The molecule has 1 aromatic heterocycles. The first-order chi connectivity index (χ1) is 16.6. The third-order valence-corrected chi connectivity index (χ3v) is 6.07. The molecule has 0 fully saturated rings. The Labute approximate surface area is 207 Å². The lowest BCUT2D eigenvalue weighted by Crippen LogP contribution is -2.13. The Bertz CT molecular complexity index is 1360. The van der Waals surface area contributed by atoms with Crippen molar-refractivity contribution in [2.24, 2.45) is 0 Å². The molecule has 0 bridgehead atoms. The van der Waals surface area contributed by atoms with Crippen molar-refractivity contribution in [1.82, 2.24) is 4.98 Å². The van der Waals surface area contributed by atoms with Gasteiger partial charge in [-0.1, -0.05) is 47.5 Å². The highest BCUT2D eigenvalue weighted by atomic mass is 35.5. The number of nitrogens with zero attached hydrogens (tertiary/aromatic N) is 1. The number of aryl methyl sites for hydroxylation is 1. The third-order valence-electron chi connectivity index (χ3n) is 5.45. The number of anilines is 1. The molecule has 1 aliphatic rings. The van der Waals surface area contributed by atoms with Crippen LogP contribution in [0.1, 0.15) is 22.3 Å². The first kappa shape index (κ1) is 22.3. The Kier molecular flexibility index (Phi) is 6.39. The molecular formula is C27H20Cl2N2O3. The van der Waals surface area contributed by atoms with E-state index in [9.17, 15) is 4.79 Å². The number of hydrogen-bond acceptors (Lipinski definition) is 4. The standard InChI is InChI=1S/C27H20Cl2N2O3/c28-21-7-2-1-6-20(21)23-8-3-9-26(30-23)31-27(32)17-10-12-19(13-11-17)34-25-16-24-18(15-22(25)29)5-4-14-33-24/h1-3,6-13,15-16H,4-5,14H2,(H,30,31,32).